The molecular formula is C23H25N3O2. The van der Waals surface area contributed by atoms with Gasteiger partial charge in [-0.3, -0.25) is 9.69 Å². The van der Waals surface area contributed by atoms with E-state index in [0.29, 0.717) is 12.4 Å². The number of ether oxygens (including phenoxy) is 1. The van der Waals surface area contributed by atoms with Crippen molar-refractivity contribution in [1.29, 1.82) is 0 Å². The highest BCUT2D eigenvalue weighted by Gasteiger charge is 2.22. The van der Waals surface area contributed by atoms with Gasteiger partial charge in [0.25, 0.3) is 5.56 Å². The van der Waals surface area contributed by atoms with Gasteiger partial charge in [0.05, 0.1) is 18.4 Å². The van der Waals surface area contributed by atoms with Gasteiger partial charge in [-0.25, -0.2) is 4.98 Å². The van der Waals surface area contributed by atoms with Crippen LogP contribution >= 0.6 is 0 Å². The van der Waals surface area contributed by atoms with E-state index in [4.69, 9.17) is 9.72 Å². The molecule has 0 fully saturated rings. The minimum Gasteiger partial charge on any atom is -0.496 e. The molecule has 0 bridgehead atoms. The SMILES string of the molecule is COc1ccc(CN2CCc3nc(-c4ccccc4)[nH]c(=O)c3C2)c(C)c1C. The molecule has 0 spiro atoms. The molecule has 0 saturated heterocycles. The van der Waals surface area contributed by atoms with Crippen LogP contribution in [0.1, 0.15) is 27.9 Å². The smallest absolute Gasteiger partial charge is 0.255 e. The monoisotopic (exact) mass is 375 g/mol. The molecule has 1 aliphatic rings. The molecule has 2 aromatic carbocycles. The van der Waals surface area contributed by atoms with Crippen molar-refractivity contribution in [2.75, 3.05) is 13.7 Å². The van der Waals surface area contributed by atoms with Crippen LogP contribution in [0.5, 0.6) is 5.75 Å². The van der Waals surface area contributed by atoms with Crippen LogP contribution in [-0.4, -0.2) is 28.5 Å². The second-order valence-electron chi connectivity index (χ2n) is 7.34. The Bertz CT molecular complexity index is 1060. The number of aromatic nitrogens is 2. The predicted octanol–water partition coefficient (Wildman–Crippen LogP) is 3.62. The second-order valence-corrected chi connectivity index (χ2v) is 7.34. The van der Waals surface area contributed by atoms with Crippen molar-refractivity contribution in [1.82, 2.24) is 14.9 Å². The van der Waals surface area contributed by atoms with E-state index in [1.54, 1.807) is 7.11 Å². The molecule has 28 heavy (non-hydrogen) atoms. The van der Waals surface area contributed by atoms with Crippen LogP contribution in [0.4, 0.5) is 0 Å². The van der Waals surface area contributed by atoms with Gasteiger partial charge >= 0.3 is 0 Å². The molecule has 144 valence electrons. The Hall–Kier alpha value is -2.92. The normalized spacial score (nSPS) is 14.0. The Labute approximate surface area is 165 Å². The molecule has 1 aliphatic heterocycles. The summed E-state index contributed by atoms with van der Waals surface area (Å²) in [7, 11) is 1.70. The van der Waals surface area contributed by atoms with Gasteiger partial charge in [0, 0.05) is 31.6 Å². The van der Waals surface area contributed by atoms with Crippen LogP contribution in [0.2, 0.25) is 0 Å². The second kappa shape index (κ2) is 7.60. The van der Waals surface area contributed by atoms with Crippen LogP contribution in [0.25, 0.3) is 11.4 Å². The van der Waals surface area contributed by atoms with Crippen molar-refractivity contribution in [2.45, 2.75) is 33.4 Å². The molecule has 0 amide bonds. The summed E-state index contributed by atoms with van der Waals surface area (Å²) in [6.07, 6.45) is 0.785. The first-order chi connectivity index (χ1) is 13.6. The number of benzene rings is 2. The quantitative estimate of drug-likeness (QED) is 0.757. The van der Waals surface area contributed by atoms with E-state index < -0.39 is 0 Å². The zero-order valence-electron chi connectivity index (χ0n) is 16.6. The number of H-pyrrole nitrogens is 1. The molecule has 3 aromatic rings. The highest BCUT2D eigenvalue weighted by Crippen LogP contribution is 2.26. The number of rotatable bonds is 4. The van der Waals surface area contributed by atoms with Gasteiger partial charge in [-0.1, -0.05) is 36.4 Å². The number of hydrogen-bond acceptors (Lipinski definition) is 4. The molecule has 2 heterocycles. The van der Waals surface area contributed by atoms with Gasteiger partial charge in [0.15, 0.2) is 0 Å². The molecule has 0 aliphatic carbocycles. The number of nitrogens with zero attached hydrogens (tertiary/aromatic N) is 2. The number of hydrogen-bond donors (Lipinski definition) is 1. The van der Waals surface area contributed by atoms with Crippen molar-refractivity contribution in [3.63, 3.8) is 0 Å². The van der Waals surface area contributed by atoms with E-state index >= 15 is 0 Å². The average Bonchev–Trinajstić information content (AvgIpc) is 2.72. The first-order valence-corrected chi connectivity index (χ1v) is 9.59. The van der Waals surface area contributed by atoms with Gasteiger partial charge in [-0.15, -0.1) is 0 Å². The maximum Gasteiger partial charge on any atom is 0.255 e. The molecule has 0 radical (unpaired) electrons. The molecule has 0 atom stereocenters. The van der Waals surface area contributed by atoms with Crippen molar-refractivity contribution in [3.05, 3.63) is 80.8 Å². The van der Waals surface area contributed by atoms with Crippen LogP contribution in [0.15, 0.2) is 47.3 Å². The summed E-state index contributed by atoms with van der Waals surface area (Å²) in [6, 6.07) is 13.9. The predicted molar refractivity (Wildman–Crippen MR) is 111 cm³/mol. The van der Waals surface area contributed by atoms with Crippen molar-refractivity contribution < 1.29 is 4.74 Å². The number of fused-ring (bicyclic) bond motifs is 1. The summed E-state index contributed by atoms with van der Waals surface area (Å²) in [4.78, 5) is 22.7. The molecule has 5 heteroatoms. The van der Waals surface area contributed by atoms with Crippen LogP contribution in [-0.2, 0) is 19.5 Å². The van der Waals surface area contributed by atoms with Gasteiger partial charge in [-0.05, 0) is 36.6 Å². The Balaban J connectivity index is 1.58. The Morgan fingerprint density at radius 2 is 1.89 bits per heavy atom. The molecular weight excluding hydrogens is 350 g/mol. The van der Waals surface area contributed by atoms with E-state index in [1.165, 1.54) is 16.7 Å². The topological polar surface area (TPSA) is 58.2 Å². The maximum absolute atomic E-state index is 12.7. The molecule has 1 aromatic heterocycles. The number of nitrogens with one attached hydrogen (secondary N) is 1. The number of aromatic amines is 1. The Morgan fingerprint density at radius 1 is 1.11 bits per heavy atom. The van der Waals surface area contributed by atoms with E-state index in [9.17, 15) is 4.79 Å². The van der Waals surface area contributed by atoms with Crippen LogP contribution in [0.3, 0.4) is 0 Å². The van der Waals surface area contributed by atoms with E-state index in [-0.39, 0.29) is 5.56 Å². The zero-order valence-corrected chi connectivity index (χ0v) is 16.6. The third-order valence-corrected chi connectivity index (χ3v) is 5.66. The minimum absolute atomic E-state index is 0.0313. The van der Waals surface area contributed by atoms with Gasteiger partial charge in [0.1, 0.15) is 11.6 Å². The highest BCUT2D eigenvalue weighted by atomic mass is 16.5. The van der Waals surface area contributed by atoms with Crippen molar-refractivity contribution in [3.8, 4) is 17.1 Å². The first kappa shape index (κ1) is 18.4. The third kappa shape index (κ3) is 3.45. The minimum atomic E-state index is -0.0313. The first-order valence-electron chi connectivity index (χ1n) is 9.59. The molecule has 0 saturated carbocycles. The van der Waals surface area contributed by atoms with Crippen LogP contribution < -0.4 is 10.3 Å². The van der Waals surface area contributed by atoms with E-state index in [0.717, 1.165) is 42.1 Å². The average molecular weight is 375 g/mol. The summed E-state index contributed by atoms with van der Waals surface area (Å²) >= 11 is 0. The maximum atomic E-state index is 12.7. The van der Waals surface area contributed by atoms with Gasteiger partial charge in [0.2, 0.25) is 0 Å². The lowest BCUT2D eigenvalue weighted by Gasteiger charge is -2.28. The lowest BCUT2D eigenvalue weighted by molar-refractivity contribution is 0.241. The summed E-state index contributed by atoms with van der Waals surface area (Å²) in [5.41, 5.74) is 6.30. The fraction of sp³-hybridized carbons (Fsp3) is 0.304. The number of methoxy groups -OCH3 is 1. The molecule has 4 rings (SSSR count). The third-order valence-electron chi connectivity index (χ3n) is 5.66. The summed E-state index contributed by atoms with van der Waals surface area (Å²) < 4.78 is 5.41. The Morgan fingerprint density at radius 3 is 2.64 bits per heavy atom. The van der Waals surface area contributed by atoms with E-state index in [1.807, 2.05) is 36.4 Å². The standard InChI is InChI=1S/C23H25N3O2/c1-15-16(2)21(28-3)10-9-18(15)13-26-12-11-20-19(14-26)23(27)25-22(24-20)17-7-5-4-6-8-17/h4-10H,11-14H2,1-3H3,(H,24,25,27). The molecule has 1 N–H and O–H groups in total. The molecule has 5 nitrogen and oxygen atoms in total. The summed E-state index contributed by atoms with van der Waals surface area (Å²) in [6.45, 7) is 6.55. The largest absolute Gasteiger partial charge is 0.496 e. The zero-order chi connectivity index (χ0) is 19.7. The van der Waals surface area contributed by atoms with Crippen molar-refractivity contribution >= 4 is 0 Å². The fourth-order valence-electron chi connectivity index (χ4n) is 3.83. The molecule has 0 unspecified atom stereocenters. The van der Waals surface area contributed by atoms with Crippen molar-refractivity contribution in [2.24, 2.45) is 0 Å². The van der Waals surface area contributed by atoms with E-state index in [2.05, 4.69) is 29.8 Å². The Kier molecular flexibility index (Phi) is 5.01. The summed E-state index contributed by atoms with van der Waals surface area (Å²) in [5.74, 6) is 1.57. The summed E-state index contributed by atoms with van der Waals surface area (Å²) in [5, 5.41) is 0. The van der Waals surface area contributed by atoms with Gasteiger partial charge < -0.3 is 9.72 Å². The van der Waals surface area contributed by atoms with Gasteiger partial charge in [-0.2, -0.15) is 0 Å². The highest BCUT2D eigenvalue weighted by molar-refractivity contribution is 5.54. The lowest BCUT2D eigenvalue weighted by Crippen LogP contribution is -2.35. The fourth-order valence-corrected chi connectivity index (χ4v) is 3.83. The van der Waals surface area contributed by atoms with Crippen LogP contribution in [0, 0.1) is 13.8 Å². The lowest BCUT2D eigenvalue weighted by atomic mass is 10.00.